The summed E-state index contributed by atoms with van der Waals surface area (Å²) in [6.45, 7) is 2.45. The predicted octanol–water partition coefficient (Wildman–Crippen LogP) is 4.53. The molecule has 0 spiro atoms. The van der Waals surface area contributed by atoms with Gasteiger partial charge in [0.05, 0.1) is 5.69 Å². The molecule has 0 radical (unpaired) electrons. The van der Waals surface area contributed by atoms with Crippen molar-refractivity contribution in [1.82, 2.24) is 19.5 Å². The first-order chi connectivity index (χ1) is 14.7. The van der Waals surface area contributed by atoms with Gasteiger partial charge in [0.25, 0.3) is 0 Å². The molecule has 1 fully saturated rings. The van der Waals surface area contributed by atoms with Crippen molar-refractivity contribution in [2.45, 2.75) is 44.7 Å². The van der Waals surface area contributed by atoms with Crippen LogP contribution >= 0.6 is 0 Å². The van der Waals surface area contributed by atoms with E-state index in [0.717, 1.165) is 10.6 Å². The van der Waals surface area contributed by atoms with Crippen molar-refractivity contribution >= 4 is 11.6 Å². The molecule has 3 aromatic rings. The second kappa shape index (κ2) is 8.28. The molecule has 3 heterocycles. The van der Waals surface area contributed by atoms with Crippen LogP contribution < -0.4 is 0 Å². The monoisotopic (exact) mass is 434 g/mol. The van der Waals surface area contributed by atoms with Crippen molar-refractivity contribution in [3.05, 3.63) is 64.9 Å². The predicted molar refractivity (Wildman–Crippen MR) is 106 cm³/mol. The lowest BCUT2D eigenvalue weighted by Gasteiger charge is -2.33. The Kier molecular flexibility index (Phi) is 5.68. The summed E-state index contributed by atoms with van der Waals surface area (Å²) in [6, 6.07) is 8.87. The van der Waals surface area contributed by atoms with Gasteiger partial charge in [-0.15, -0.1) is 0 Å². The van der Waals surface area contributed by atoms with Gasteiger partial charge in [-0.3, -0.25) is 4.79 Å². The van der Waals surface area contributed by atoms with Crippen LogP contribution in [-0.4, -0.2) is 38.5 Å². The molecule has 2 aromatic heterocycles. The van der Waals surface area contributed by atoms with E-state index in [1.807, 2.05) is 0 Å². The number of halogens is 4. The maximum atomic E-state index is 13.8. The zero-order chi connectivity index (χ0) is 22.2. The van der Waals surface area contributed by atoms with Crippen LogP contribution in [0.3, 0.4) is 0 Å². The number of carbonyl (C=O) groups excluding carboxylic acids is 1. The molecule has 0 saturated carbocycles. The Balaban J connectivity index is 1.52. The van der Waals surface area contributed by atoms with Gasteiger partial charge in [0.2, 0.25) is 5.91 Å². The molecule has 5 nitrogen and oxygen atoms in total. The number of alkyl halides is 3. The summed E-state index contributed by atoms with van der Waals surface area (Å²) in [5.41, 5.74) is 0.506. The van der Waals surface area contributed by atoms with Crippen LogP contribution in [0.25, 0.3) is 5.65 Å². The summed E-state index contributed by atoms with van der Waals surface area (Å²) in [6.07, 6.45) is -2.83. The normalized spacial score (nSPS) is 17.3. The number of carbonyl (C=O) groups is 1. The fourth-order valence-electron chi connectivity index (χ4n) is 4.07. The molecule has 0 bridgehead atoms. The third-order valence-corrected chi connectivity index (χ3v) is 5.62. The summed E-state index contributed by atoms with van der Waals surface area (Å²) in [4.78, 5) is 18.7. The first kappa shape index (κ1) is 21.3. The SMILES string of the molecule is Cc1cc2nc(C3CCCN(C(=O)CCc4ccccc4F)C3)cc(C(F)(F)F)n2n1. The standard InChI is InChI=1S/C22H22F4N4O/c1-14-11-20-27-18(12-19(22(24,25)26)30(20)28-14)16-6-4-10-29(13-16)21(31)9-8-15-5-2-3-7-17(15)23/h2-3,5,7,11-12,16H,4,6,8-10,13H2,1H3. The fourth-order valence-corrected chi connectivity index (χ4v) is 4.07. The Labute approximate surface area is 176 Å². The van der Waals surface area contributed by atoms with Gasteiger partial charge in [-0.1, -0.05) is 18.2 Å². The molecule has 1 aromatic carbocycles. The van der Waals surface area contributed by atoms with E-state index < -0.39 is 11.9 Å². The summed E-state index contributed by atoms with van der Waals surface area (Å²) in [7, 11) is 0. The van der Waals surface area contributed by atoms with Crippen LogP contribution in [0.1, 0.15) is 47.8 Å². The van der Waals surface area contributed by atoms with Gasteiger partial charge in [-0.2, -0.15) is 18.3 Å². The first-order valence-corrected chi connectivity index (χ1v) is 10.2. The number of likely N-dealkylation sites (tertiary alicyclic amines) is 1. The Hall–Kier alpha value is -2.97. The number of nitrogens with zero attached hydrogens (tertiary/aromatic N) is 4. The lowest BCUT2D eigenvalue weighted by molar-refractivity contribution is -0.143. The topological polar surface area (TPSA) is 50.5 Å². The smallest absolute Gasteiger partial charge is 0.342 e. The van der Waals surface area contributed by atoms with Gasteiger partial charge in [-0.05, 0) is 43.9 Å². The van der Waals surface area contributed by atoms with Crippen molar-refractivity contribution in [3.63, 3.8) is 0 Å². The van der Waals surface area contributed by atoms with Crippen molar-refractivity contribution in [1.29, 1.82) is 0 Å². The number of fused-ring (bicyclic) bond motifs is 1. The van der Waals surface area contributed by atoms with Crippen LogP contribution in [0.15, 0.2) is 36.4 Å². The summed E-state index contributed by atoms with van der Waals surface area (Å²) < 4.78 is 55.4. The Morgan fingerprint density at radius 3 is 2.74 bits per heavy atom. The zero-order valence-electron chi connectivity index (χ0n) is 17.0. The second-order valence-electron chi connectivity index (χ2n) is 7.89. The molecule has 9 heteroatoms. The summed E-state index contributed by atoms with van der Waals surface area (Å²) in [5, 5.41) is 3.91. The van der Waals surface area contributed by atoms with E-state index in [1.54, 1.807) is 30.0 Å². The van der Waals surface area contributed by atoms with E-state index in [9.17, 15) is 22.4 Å². The molecule has 0 N–H and O–H groups in total. The first-order valence-electron chi connectivity index (χ1n) is 10.2. The summed E-state index contributed by atoms with van der Waals surface area (Å²) >= 11 is 0. The molecule has 1 aliphatic rings. The van der Waals surface area contributed by atoms with E-state index in [1.165, 1.54) is 12.1 Å². The molecule has 1 amide bonds. The molecule has 31 heavy (non-hydrogen) atoms. The Bertz CT molecular complexity index is 1110. The van der Waals surface area contributed by atoms with Crippen LogP contribution in [-0.2, 0) is 17.4 Å². The lowest BCUT2D eigenvalue weighted by atomic mass is 9.93. The molecule has 0 aliphatic carbocycles. The summed E-state index contributed by atoms with van der Waals surface area (Å²) in [5.74, 6) is -0.780. The number of hydrogen-bond donors (Lipinski definition) is 0. The van der Waals surface area contributed by atoms with Crippen molar-refractivity contribution < 1.29 is 22.4 Å². The highest BCUT2D eigenvalue weighted by Crippen LogP contribution is 2.33. The van der Waals surface area contributed by atoms with Gasteiger partial charge >= 0.3 is 6.18 Å². The molecular formula is C22H22F4N4O. The number of amides is 1. The third-order valence-electron chi connectivity index (χ3n) is 5.62. The van der Waals surface area contributed by atoms with Crippen molar-refractivity contribution in [2.75, 3.05) is 13.1 Å². The highest BCUT2D eigenvalue weighted by atomic mass is 19.4. The average molecular weight is 434 g/mol. The number of piperidine rings is 1. The van der Waals surface area contributed by atoms with Crippen molar-refractivity contribution in [3.8, 4) is 0 Å². The number of hydrogen-bond acceptors (Lipinski definition) is 3. The van der Waals surface area contributed by atoms with Gasteiger partial charge in [-0.25, -0.2) is 13.9 Å². The van der Waals surface area contributed by atoms with E-state index in [4.69, 9.17) is 0 Å². The van der Waals surface area contributed by atoms with E-state index in [2.05, 4.69) is 10.1 Å². The molecule has 1 unspecified atom stereocenters. The van der Waals surface area contributed by atoms with E-state index in [-0.39, 0.29) is 36.1 Å². The minimum atomic E-state index is -4.57. The fraction of sp³-hybridized carbons (Fsp3) is 0.409. The number of rotatable bonds is 4. The largest absolute Gasteiger partial charge is 0.433 e. The molecule has 1 saturated heterocycles. The molecule has 4 rings (SSSR count). The molecule has 1 atom stereocenters. The zero-order valence-corrected chi connectivity index (χ0v) is 17.0. The second-order valence-corrected chi connectivity index (χ2v) is 7.89. The van der Waals surface area contributed by atoms with Gasteiger partial charge in [0.15, 0.2) is 5.65 Å². The highest BCUT2D eigenvalue weighted by Gasteiger charge is 2.36. The van der Waals surface area contributed by atoms with E-state index in [0.29, 0.717) is 42.9 Å². The van der Waals surface area contributed by atoms with E-state index >= 15 is 0 Å². The average Bonchev–Trinajstić information content (AvgIpc) is 3.11. The molecule has 1 aliphatic heterocycles. The van der Waals surface area contributed by atoms with Crippen LogP contribution in [0.2, 0.25) is 0 Å². The Morgan fingerprint density at radius 2 is 2.00 bits per heavy atom. The Morgan fingerprint density at radius 1 is 1.23 bits per heavy atom. The highest BCUT2D eigenvalue weighted by molar-refractivity contribution is 5.76. The third kappa shape index (κ3) is 4.55. The number of benzene rings is 1. The lowest BCUT2D eigenvalue weighted by Crippen LogP contribution is -2.39. The van der Waals surface area contributed by atoms with Crippen LogP contribution in [0.5, 0.6) is 0 Å². The minimum Gasteiger partial charge on any atom is -0.342 e. The maximum Gasteiger partial charge on any atom is 0.433 e. The minimum absolute atomic E-state index is 0.134. The maximum absolute atomic E-state index is 13.8. The number of aromatic nitrogens is 3. The van der Waals surface area contributed by atoms with Gasteiger partial charge < -0.3 is 4.90 Å². The molecule has 164 valence electrons. The van der Waals surface area contributed by atoms with Crippen LogP contribution in [0.4, 0.5) is 17.6 Å². The number of aryl methyl sites for hydroxylation is 2. The van der Waals surface area contributed by atoms with Crippen molar-refractivity contribution in [2.24, 2.45) is 0 Å². The quantitative estimate of drug-likeness (QED) is 0.567. The van der Waals surface area contributed by atoms with Gasteiger partial charge in [0.1, 0.15) is 11.5 Å². The van der Waals surface area contributed by atoms with Gasteiger partial charge in [0, 0.05) is 37.2 Å². The van der Waals surface area contributed by atoms with Crippen LogP contribution in [0, 0.1) is 12.7 Å². The molecular weight excluding hydrogens is 412 g/mol.